The summed E-state index contributed by atoms with van der Waals surface area (Å²) in [6.07, 6.45) is 14.1. The molecule has 0 nitrogen and oxygen atoms in total. The molecule has 2 aromatic rings. The number of allylic oxidation sites excluding steroid dienone is 2. The minimum absolute atomic E-state index is 0. The van der Waals surface area contributed by atoms with Crippen LogP contribution in [0.3, 0.4) is 0 Å². The van der Waals surface area contributed by atoms with Crippen molar-refractivity contribution in [3.8, 4) is 0 Å². The molecule has 5 rings (SSSR count). The molecule has 0 amide bonds. The summed E-state index contributed by atoms with van der Waals surface area (Å²) in [5.41, 5.74) is 6.17. The Bertz CT molecular complexity index is 810. The SMILES string of the molecule is C1=C[CH]([Hf](=[C]2CCC2)[CH]2C=Cc3ccccc32)c2ccccc21.Cl.Cl. The van der Waals surface area contributed by atoms with E-state index in [1.165, 1.54) is 30.4 Å². The van der Waals surface area contributed by atoms with Gasteiger partial charge in [-0.05, 0) is 0 Å². The van der Waals surface area contributed by atoms with E-state index in [0.717, 1.165) is 7.35 Å². The molecule has 3 aliphatic carbocycles. The summed E-state index contributed by atoms with van der Waals surface area (Å²) in [6.45, 7) is 0. The fraction of sp³-hybridized carbons (Fsp3) is 0.227. The molecule has 1 fully saturated rings. The average Bonchev–Trinajstić information content (AvgIpc) is 3.15. The Morgan fingerprint density at radius 3 is 1.60 bits per heavy atom. The predicted molar refractivity (Wildman–Crippen MR) is 110 cm³/mol. The zero-order valence-corrected chi connectivity index (χ0v) is 19.2. The molecule has 2 aromatic carbocycles. The molecule has 2 atom stereocenters. The summed E-state index contributed by atoms with van der Waals surface area (Å²) in [5, 5.41) is 0. The van der Waals surface area contributed by atoms with E-state index in [1.807, 2.05) is 3.26 Å². The van der Waals surface area contributed by atoms with Gasteiger partial charge in [-0.1, -0.05) is 0 Å². The van der Waals surface area contributed by atoms with Gasteiger partial charge < -0.3 is 0 Å². The second-order valence-electron chi connectivity index (χ2n) is 6.84. The van der Waals surface area contributed by atoms with E-state index in [4.69, 9.17) is 0 Å². The van der Waals surface area contributed by atoms with Gasteiger partial charge in [-0.15, -0.1) is 24.8 Å². The maximum absolute atomic E-state index is 2.55. The van der Waals surface area contributed by atoms with Crippen LogP contribution < -0.4 is 0 Å². The van der Waals surface area contributed by atoms with Crippen molar-refractivity contribution in [2.75, 3.05) is 0 Å². The van der Waals surface area contributed by atoms with Crippen molar-refractivity contribution in [3.63, 3.8) is 0 Å². The molecule has 0 N–H and O–H groups in total. The number of hydrogen-bond acceptors (Lipinski definition) is 0. The van der Waals surface area contributed by atoms with E-state index >= 15 is 0 Å². The second-order valence-corrected chi connectivity index (χ2v) is 17.1. The van der Waals surface area contributed by atoms with Crippen LogP contribution >= 0.6 is 24.8 Å². The van der Waals surface area contributed by atoms with Crippen molar-refractivity contribution in [1.29, 1.82) is 0 Å². The van der Waals surface area contributed by atoms with Crippen LogP contribution in [0.15, 0.2) is 60.7 Å². The van der Waals surface area contributed by atoms with E-state index in [0.29, 0.717) is 0 Å². The summed E-state index contributed by atoms with van der Waals surface area (Å²) in [5.74, 6) is 0. The molecule has 0 radical (unpaired) electrons. The molecule has 128 valence electrons. The third-order valence-corrected chi connectivity index (χ3v) is 18.8. The number of halogens is 2. The fourth-order valence-electron chi connectivity index (χ4n) is 4.32. The third-order valence-electron chi connectivity index (χ3n) is 5.63. The monoisotopic (exact) mass is 536 g/mol. The van der Waals surface area contributed by atoms with E-state index in [9.17, 15) is 0 Å². The van der Waals surface area contributed by atoms with Gasteiger partial charge in [-0.2, -0.15) is 0 Å². The molecule has 0 saturated heterocycles. The van der Waals surface area contributed by atoms with Crippen molar-refractivity contribution >= 4 is 40.2 Å². The van der Waals surface area contributed by atoms with Gasteiger partial charge in [0, 0.05) is 0 Å². The van der Waals surface area contributed by atoms with Crippen LogP contribution in [0, 0.1) is 0 Å². The maximum Gasteiger partial charge on any atom is -0.147 e. The van der Waals surface area contributed by atoms with Gasteiger partial charge in [-0.3, -0.25) is 0 Å². The summed E-state index contributed by atoms with van der Waals surface area (Å²) in [7, 11) is 0. The molecule has 0 aromatic heterocycles. The number of benzene rings is 2. The molecule has 0 bridgehead atoms. The van der Waals surface area contributed by atoms with E-state index < -0.39 is 21.0 Å². The van der Waals surface area contributed by atoms with Gasteiger partial charge in [0.05, 0.1) is 0 Å². The second kappa shape index (κ2) is 7.86. The summed E-state index contributed by atoms with van der Waals surface area (Å²) in [4.78, 5) is 0. The molecular weight excluding hydrogens is 514 g/mol. The largest absolute Gasteiger partial charge is 0.147 e. The summed E-state index contributed by atoms with van der Waals surface area (Å²) < 4.78 is 3.51. The van der Waals surface area contributed by atoms with Gasteiger partial charge in [0.1, 0.15) is 0 Å². The Balaban J connectivity index is 0.000000911. The topological polar surface area (TPSA) is 0 Å². The van der Waals surface area contributed by atoms with Crippen molar-refractivity contribution in [3.05, 3.63) is 82.9 Å². The van der Waals surface area contributed by atoms with Crippen LogP contribution in [-0.4, -0.2) is 3.26 Å². The molecule has 0 aliphatic heterocycles. The minimum atomic E-state index is -1.99. The summed E-state index contributed by atoms with van der Waals surface area (Å²) in [6, 6.07) is 18.2. The van der Waals surface area contributed by atoms with Gasteiger partial charge in [0.15, 0.2) is 0 Å². The standard InChI is InChI=1S/2C9H7.C4H6.2ClH.Hf/c2*1-2-5-9-7-3-6-8(9)4-1;1-2-4-3-1;;;/h2*1-7H;1-3H2;2*1H;. The van der Waals surface area contributed by atoms with Gasteiger partial charge in [-0.25, -0.2) is 0 Å². The van der Waals surface area contributed by atoms with Crippen LogP contribution in [-0.2, 0) is 21.0 Å². The van der Waals surface area contributed by atoms with Crippen LogP contribution in [0.4, 0.5) is 0 Å². The first-order valence-electron chi connectivity index (χ1n) is 8.68. The fourth-order valence-corrected chi connectivity index (χ4v) is 18.7. The molecule has 25 heavy (non-hydrogen) atoms. The van der Waals surface area contributed by atoms with Gasteiger partial charge in [0.25, 0.3) is 0 Å². The normalized spacial score (nSPS) is 21.7. The van der Waals surface area contributed by atoms with Crippen molar-refractivity contribution in [1.82, 2.24) is 0 Å². The van der Waals surface area contributed by atoms with Crippen molar-refractivity contribution in [2.24, 2.45) is 0 Å². The molecule has 0 heterocycles. The first-order valence-corrected chi connectivity index (χ1v) is 14.6. The number of fused-ring (bicyclic) bond motifs is 2. The van der Waals surface area contributed by atoms with E-state index in [1.54, 1.807) is 11.1 Å². The Labute approximate surface area is 169 Å². The zero-order chi connectivity index (χ0) is 15.2. The van der Waals surface area contributed by atoms with Gasteiger partial charge in [0.2, 0.25) is 0 Å². The minimum Gasteiger partial charge on any atom is -0.147 e. The first kappa shape index (κ1) is 19.0. The molecule has 3 aliphatic rings. The molecule has 2 unspecified atom stereocenters. The van der Waals surface area contributed by atoms with E-state index in [-0.39, 0.29) is 24.8 Å². The summed E-state index contributed by atoms with van der Waals surface area (Å²) >= 11 is -1.99. The third kappa shape index (κ3) is 3.20. The van der Waals surface area contributed by atoms with Gasteiger partial charge >= 0.3 is 146 Å². The smallest absolute Gasteiger partial charge is 0.147 e. The van der Waals surface area contributed by atoms with Crippen LogP contribution in [0.25, 0.3) is 12.2 Å². The van der Waals surface area contributed by atoms with Crippen molar-refractivity contribution in [2.45, 2.75) is 26.6 Å². The zero-order valence-electron chi connectivity index (χ0n) is 14.0. The molecule has 0 spiro atoms. The van der Waals surface area contributed by atoms with Crippen molar-refractivity contribution < 1.29 is 21.0 Å². The van der Waals surface area contributed by atoms with Crippen LogP contribution in [0.1, 0.15) is 48.9 Å². The molecule has 3 heteroatoms. The Kier molecular flexibility index (Phi) is 5.98. The number of rotatable bonds is 2. The maximum atomic E-state index is 2.55. The quantitative estimate of drug-likeness (QED) is 0.394. The Morgan fingerprint density at radius 1 is 0.680 bits per heavy atom. The van der Waals surface area contributed by atoms with Crippen LogP contribution in [0.2, 0.25) is 0 Å². The average molecular weight is 536 g/mol. The Morgan fingerprint density at radius 2 is 1.16 bits per heavy atom. The Hall–Kier alpha value is -0.760. The molecule has 1 saturated carbocycles. The van der Waals surface area contributed by atoms with Crippen LogP contribution in [0.5, 0.6) is 0 Å². The predicted octanol–water partition coefficient (Wildman–Crippen LogP) is 6.34. The molecular formula is C22H22Cl2Hf. The van der Waals surface area contributed by atoms with E-state index in [2.05, 4.69) is 72.8 Å². The first-order chi connectivity index (χ1) is 11.4. The number of hydrogen-bond donors (Lipinski definition) is 0.